The third-order valence-corrected chi connectivity index (χ3v) is 5.53. The molecular formula is C16H14N2O5S. The van der Waals surface area contributed by atoms with E-state index in [1.165, 1.54) is 32.4 Å². The van der Waals surface area contributed by atoms with E-state index in [-0.39, 0.29) is 16.0 Å². The van der Waals surface area contributed by atoms with E-state index in [0.717, 1.165) is 0 Å². The molecule has 0 unspecified atom stereocenters. The molecule has 1 aliphatic rings. The molecule has 124 valence electrons. The lowest BCUT2D eigenvalue weighted by atomic mass is 10.1. The summed E-state index contributed by atoms with van der Waals surface area (Å²) in [7, 11) is -1.16. The second-order valence-corrected chi connectivity index (χ2v) is 7.11. The molecule has 3 rings (SSSR count). The molecule has 0 aliphatic carbocycles. The van der Waals surface area contributed by atoms with Gasteiger partial charge in [-0.05, 0) is 42.5 Å². The van der Waals surface area contributed by atoms with Crippen molar-refractivity contribution in [1.82, 2.24) is 4.31 Å². The first kappa shape index (κ1) is 16.0. The van der Waals surface area contributed by atoms with Crippen LogP contribution >= 0.6 is 0 Å². The van der Waals surface area contributed by atoms with Crippen LogP contribution in [0.4, 0.5) is 5.69 Å². The number of nitrogens with one attached hydrogen (secondary N) is 1. The topological polar surface area (TPSA) is 92.8 Å². The molecule has 0 saturated heterocycles. The first-order valence-corrected chi connectivity index (χ1v) is 8.41. The Labute approximate surface area is 138 Å². The zero-order valence-electron chi connectivity index (χ0n) is 12.9. The minimum Gasteiger partial charge on any atom is -0.497 e. The van der Waals surface area contributed by atoms with E-state index in [2.05, 4.69) is 5.32 Å². The van der Waals surface area contributed by atoms with Gasteiger partial charge in [-0.2, -0.15) is 0 Å². The highest BCUT2D eigenvalue weighted by Crippen LogP contribution is 2.30. The molecular weight excluding hydrogens is 332 g/mol. The number of hydrogen-bond acceptors (Lipinski definition) is 5. The molecule has 2 aromatic rings. The summed E-state index contributed by atoms with van der Waals surface area (Å²) < 4.78 is 30.0. The van der Waals surface area contributed by atoms with Gasteiger partial charge in [0.05, 0.1) is 12.7 Å². The highest BCUT2D eigenvalue weighted by atomic mass is 32.2. The number of sulfonamides is 1. The van der Waals surface area contributed by atoms with Crippen LogP contribution < -0.4 is 10.1 Å². The molecule has 1 heterocycles. The van der Waals surface area contributed by atoms with Gasteiger partial charge in [-0.25, -0.2) is 12.7 Å². The first-order valence-electron chi connectivity index (χ1n) is 6.97. The lowest BCUT2D eigenvalue weighted by Gasteiger charge is -2.08. The van der Waals surface area contributed by atoms with Crippen LogP contribution in [0.25, 0.3) is 0 Å². The molecule has 1 N–H and O–H groups in total. The fourth-order valence-corrected chi connectivity index (χ4v) is 3.68. The molecule has 0 radical (unpaired) electrons. The number of rotatable bonds is 3. The van der Waals surface area contributed by atoms with Crippen molar-refractivity contribution in [2.24, 2.45) is 0 Å². The Hall–Kier alpha value is -2.87. The summed E-state index contributed by atoms with van der Waals surface area (Å²) in [5.74, 6) is -0.426. The molecule has 1 aliphatic heterocycles. The van der Waals surface area contributed by atoms with Gasteiger partial charge in [0.25, 0.3) is 21.8 Å². The monoisotopic (exact) mass is 346 g/mol. The molecule has 24 heavy (non-hydrogen) atoms. The van der Waals surface area contributed by atoms with Crippen LogP contribution in [-0.2, 0) is 10.0 Å². The smallest absolute Gasteiger partial charge is 0.268 e. The number of ether oxygens (including phenoxy) is 1. The van der Waals surface area contributed by atoms with Crippen LogP contribution in [0, 0.1) is 0 Å². The van der Waals surface area contributed by atoms with Crippen LogP contribution in [-0.4, -0.2) is 38.7 Å². The van der Waals surface area contributed by atoms with E-state index in [4.69, 9.17) is 4.74 Å². The zero-order valence-corrected chi connectivity index (χ0v) is 13.8. The number of benzene rings is 2. The number of carbonyl (C=O) groups excluding carboxylic acids is 2. The Morgan fingerprint density at radius 2 is 1.79 bits per heavy atom. The molecule has 0 spiro atoms. The Morgan fingerprint density at radius 3 is 2.42 bits per heavy atom. The van der Waals surface area contributed by atoms with Crippen molar-refractivity contribution in [3.05, 3.63) is 53.6 Å². The summed E-state index contributed by atoms with van der Waals surface area (Å²) >= 11 is 0. The lowest BCUT2D eigenvalue weighted by molar-refractivity contribution is 0.0890. The summed E-state index contributed by atoms with van der Waals surface area (Å²) in [5.41, 5.74) is 0.757. The van der Waals surface area contributed by atoms with Gasteiger partial charge in [-0.15, -0.1) is 0 Å². The number of fused-ring (bicyclic) bond motifs is 1. The fraction of sp³-hybridized carbons (Fsp3) is 0.125. The molecule has 0 fully saturated rings. The summed E-state index contributed by atoms with van der Waals surface area (Å²) in [4.78, 5) is 24.0. The highest BCUT2D eigenvalue weighted by molar-refractivity contribution is 7.90. The summed E-state index contributed by atoms with van der Waals surface area (Å²) in [5, 5.41) is 2.66. The Morgan fingerprint density at radius 1 is 1.12 bits per heavy atom. The maximum Gasteiger partial charge on any atom is 0.268 e. The van der Waals surface area contributed by atoms with Gasteiger partial charge in [0.1, 0.15) is 10.6 Å². The number of anilines is 1. The molecule has 0 saturated carbocycles. The van der Waals surface area contributed by atoms with E-state index in [0.29, 0.717) is 15.7 Å². The molecule has 0 atom stereocenters. The van der Waals surface area contributed by atoms with Gasteiger partial charge >= 0.3 is 0 Å². The van der Waals surface area contributed by atoms with Crippen molar-refractivity contribution in [3.8, 4) is 5.75 Å². The fourth-order valence-electron chi connectivity index (χ4n) is 2.36. The van der Waals surface area contributed by atoms with Crippen molar-refractivity contribution < 1.29 is 22.7 Å². The number of methoxy groups -OCH3 is 1. The lowest BCUT2D eigenvalue weighted by Crippen LogP contribution is -2.24. The number of hydrogen-bond donors (Lipinski definition) is 1. The van der Waals surface area contributed by atoms with Gasteiger partial charge in [0.15, 0.2) is 0 Å². The number of nitrogens with zero attached hydrogens (tertiary/aromatic N) is 1. The maximum absolute atomic E-state index is 12.3. The second-order valence-electron chi connectivity index (χ2n) is 5.17. The predicted molar refractivity (Wildman–Crippen MR) is 86.7 cm³/mol. The van der Waals surface area contributed by atoms with Gasteiger partial charge in [-0.1, -0.05) is 0 Å². The zero-order chi connectivity index (χ0) is 17.5. The summed E-state index contributed by atoms with van der Waals surface area (Å²) in [6.45, 7) is 0. The predicted octanol–water partition coefficient (Wildman–Crippen LogP) is 1.72. The SMILES string of the molecule is COc1ccc(NC(=O)c2ccc3c(c2)S(=O)(=O)N(C)C3=O)cc1. The van der Waals surface area contributed by atoms with E-state index < -0.39 is 21.8 Å². The van der Waals surface area contributed by atoms with Crippen molar-refractivity contribution in [2.75, 3.05) is 19.5 Å². The average Bonchev–Trinajstić information content (AvgIpc) is 2.76. The van der Waals surface area contributed by atoms with Gasteiger partial charge < -0.3 is 10.1 Å². The summed E-state index contributed by atoms with van der Waals surface area (Å²) in [6.07, 6.45) is 0. The third kappa shape index (κ3) is 2.50. The minimum absolute atomic E-state index is 0.0681. The van der Waals surface area contributed by atoms with Crippen molar-refractivity contribution in [3.63, 3.8) is 0 Å². The molecule has 0 bridgehead atoms. The van der Waals surface area contributed by atoms with Gasteiger partial charge in [-0.3, -0.25) is 9.59 Å². The normalized spacial score (nSPS) is 15.1. The van der Waals surface area contributed by atoms with E-state index in [1.807, 2.05) is 0 Å². The van der Waals surface area contributed by atoms with Crippen molar-refractivity contribution in [2.45, 2.75) is 4.90 Å². The molecule has 8 heteroatoms. The van der Waals surface area contributed by atoms with Crippen LogP contribution in [0.3, 0.4) is 0 Å². The van der Waals surface area contributed by atoms with Crippen molar-refractivity contribution >= 4 is 27.5 Å². The number of carbonyl (C=O) groups is 2. The van der Waals surface area contributed by atoms with Crippen LogP contribution in [0.15, 0.2) is 47.4 Å². The molecule has 7 nitrogen and oxygen atoms in total. The Balaban J connectivity index is 1.90. The van der Waals surface area contributed by atoms with Crippen LogP contribution in [0.5, 0.6) is 5.75 Å². The van der Waals surface area contributed by atoms with Gasteiger partial charge in [0, 0.05) is 18.3 Å². The quantitative estimate of drug-likeness (QED) is 0.913. The minimum atomic E-state index is -3.88. The Kier molecular flexibility index (Phi) is 3.76. The van der Waals surface area contributed by atoms with Crippen LogP contribution in [0.1, 0.15) is 20.7 Å². The highest BCUT2D eigenvalue weighted by Gasteiger charge is 2.38. The largest absolute Gasteiger partial charge is 0.497 e. The molecule has 2 amide bonds. The average molecular weight is 346 g/mol. The molecule has 0 aromatic heterocycles. The third-order valence-electron chi connectivity index (χ3n) is 3.75. The van der Waals surface area contributed by atoms with Gasteiger partial charge in [0.2, 0.25) is 0 Å². The first-order chi connectivity index (χ1) is 11.3. The number of amides is 2. The van der Waals surface area contributed by atoms with E-state index in [9.17, 15) is 18.0 Å². The Bertz CT molecular complexity index is 935. The van der Waals surface area contributed by atoms with E-state index in [1.54, 1.807) is 24.3 Å². The van der Waals surface area contributed by atoms with E-state index >= 15 is 0 Å². The maximum atomic E-state index is 12.3. The van der Waals surface area contributed by atoms with Crippen molar-refractivity contribution in [1.29, 1.82) is 0 Å². The van der Waals surface area contributed by atoms with Crippen LogP contribution in [0.2, 0.25) is 0 Å². The molecule has 2 aromatic carbocycles. The second kappa shape index (κ2) is 5.64. The standard InChI is InChI=1S/C16H14N2O5S/c1-18-16(20)13-8-3-10(9-14(13)24(18,21)22)15(19)17-11-4-6-12(23-2)7-5-11/h3-9H,1-2H3,(H,17,19). The summed E-state index contributed by atoms with van der Waals surface area (Å²) in [6, 6.07) is 10.7.